The molecule has 1 aromatic carbocycles. The van der Waals surface area contributed by atoms with Gasteiger partial charge in [0, 0.05) is 12.9 Å². The Hall–Kier alpha value is -1.13. The number of alkyl halides is 1. The average Bonchev–Trinajstić information content (AvgIpc) is 2.39. The fourth-order valence-electron chi connectivity index (χ4n) is 1.30. The molecule has 0 aliphatic carbocycles. The molecule has 0 aliphatic rings. The Bertz CT molecular complexity index is 379. The summed E-state index contributed by atoms with van der Waals surface area (Å²) in [6, 6.07) is 10.0. The standard InChI is InChI=1S/C12H16ClN3S/c1-14-12(17)16-15-11(8-5-9-13)10-6-3-2-4-7-10/h2-4,6-7H,5,8-9H2,1H3,(H2,14,16,17)/b15-11-. The first kappa shape index (κ1) is 13.9. The zero-order valence-electron chi connectivity index (χ0n) is 9.74. The van der Waals surface area contributed by atoms with Crippen LogP contribution in [0.3, 0.4) is 0 Å². The molecule has 0 radical (unpaired) electrons. The van der Waals surface area contributed by atoms with Gasteiger partial charge in [-0.2, -0.15) is 5.10 Å². The molecule has 0 unspecified atom stereocenters. The van der Waals surface area contributed by atoms with E-state index >= 15 is 0 Å². The summed E-state index contributed by atoms with van der Waals surface area (Å²) in [5.74, 6) is 0.627. The van der Waals surface area contributed by atoms with Gasteiger partial charge in [0.1, 0.15) is 0 Å². The van der Waals surface area contributed by atoms with Crippen LogP contribution in [0.4, 0.5) is 0 Å². The smallest absolute Gasteiger partial charge is 0.186 e. The van der Waals surface area contributed by atoms with Gasteiger partial charge in [-0.05, 0) is 30.6 Å². The van der Waals surface area contributed by atoms with Crippen molar-refractivity contribution in [3.63, 3.8) is 0 Å². The Morgan fingerprint density at radius 2 is 2.06 bits per heavy atom. The van der Waals surface area contributed by atoms with Gasteiger partial charge in [0.15, 0.2) is 5.11 Å². The van der Waals surface area contributed by atoms with Gasteiger partial charge >= 0.3 is 0 Å². The number of hydrazone groups is 1. The van der Waals surface area contributed by atoms with Crippen LogP contribution < -0.4 is 10.7 Å². The maximum Gasteiger partial charge on any atom is 0.186 e. The number of nitrogens with one attached hydrogen (secondary N) is 2. The second-order valence-corrected chi connectivity index (χ2v) is 4.19. The van der Waals surface area contributed by atoms with E-state index in [0.717, 1.165) is 24.1 Å². The third-order valence-corrected chi connectivity index (χ3v) is 2.74. The summed E-state index contributed by atoms with van der Waals surface area (Å²) in [7, 11) is 1.76. The first-order valence-corrected chi connectivity index (χ1v) is 6.38. The largest absolute Gasteiger partial charge is 0.364 e. The summed E-state index contributed by atoms with van der Waals surface area (Å²) in [6.45, 7) is 0. The molecule has 0 atom stereocenters. The average molecular weight is 270 g/mol. The fourth-order valence-corrected chi connectivity index (χ4v) is 1.48. The Morgan fingerprint density at radius 3 is 2.65 bits per heavy atom. The van der Waals surface area contributed by atoms with Crippen LogP contribution in [0.25, 0.3) is 0 Å². The van der Waals surface area contributed by atoms with Crippen molar-refractivity contribution in [2.24, 2.45) is 5.10 Å². The number of rotatable bonds is 5. The lowest BCUT2D eigenvalue weighted by molar-refractivity contribution is 0.935. The predicted molar refractivity (Wildman–Crippen MR) is 77.7 cm³/mol. The minimum Gasteiger partial charge on any atom is -0.364 e. The van der Waals surface area contributed by atoms with E-state index in [9.17, 15) is 0 Å². The highest BCUT2D eigenvalue weighted by atomic mass is 35.5. The monoisotopic (exact) mass is 269 g/mol. The van der Waals surface area contributed by atoms with Crippen LogP contribution in [0.5, 0.6) is 0 Å². The summed E-state index contributed by atoms with van der Waals surface area (Å²) in [5, 5.41) is 7.63. The molecular formula is C12H16ClN3S. The lowest BCUT2D eigenvalue weighted by atomic mass is 10.1. The maximum absolute atomic E-state index is 5.71. The second-order valence-electron chi connectivity index (χ2n) is 3.41. The predicted octanol–water partition coefficient (Wildman–Crippen LogP) is 2.50. The van der Waals surface area contributed by atoms with Gasteiger partial charge in [-0.15, -0.1) is 11.6 Å². The van der Waals surface area contributed by atoms with Gasteiger partial charge < -0.3 is 5.32 Å². The van der Waals surface area contributed by atoms with E-state index in [1.54, 1.807) is 7.05 Å². The molecule has 0 saturated heterocycles. The van der Waals surface area contributed by atoms with E-state index < -0.39 is 0 Å². The molecule has 3 nitrogen and oxygen atoms in total. The van der Waals surface area contributed by atoms with E-state index in [4.69, 9.17) is 23.8 Å². The van der Waals surface area contributed by atoms with Crippen LogP contribution in [-0.2, 0) is 0 Å². The SMILES string of the molecule is CNC(=S)N/N=C(/CCCCl)c1ccccc1. The normalized spacial score (nSPS) is 11.1. The molecule has 17 heavy (non-hydrogen) atoms. The molecule has 0 aliphatic heterocycles. The van der Waals surface area contributed by atoms with Crippen molar-refractivity contribution < 1.29 is 0 Å². The number of nitrogens with zero attached hydrogens (tertiary/aromatic N) is 1. The number of thiocarbonyl (C=S) groups is 1. The summed E-state index contributed by atoms with van der Waals surface area (Å²) in [5.41, 5.74) is 4.85. The summed E-state index contributed by atoms with van der Waals surface area (Å²) in [4.78, 5) is 0. The number of halogens is 1. The first-order valence-electron chi connectivity index (χ1n) is 5.43. The van der Waals surface area contributed by atoms with E-state index in [1.165, 1.54) is 0 Å². The summed E-state index contributed by atoms with van der Waals surface area (Å²) < 4.78 is 0. The molecular weight excluding hydrogens is 254 g/mol. The van der Waals surface area contributed by atoms with Gasteiger partial charge in [-0.25, -0.2) is 0 Å². The third-order valence-electron chi connectivity index (χ3n) is 2.17. The molecule has 1 rings (SSSR count). The fraction of sp³-hybridized carbons (Fsp3) is 0.333. The van der Waals surface area contributed by atoms with Crippen molar-refractivity contribution in [3.8, 4) is 0 Å². The molecule has 0 saturated carbocycles. The van der Waals surface area contributed by atoms with Crippen molar-refractivity contribution in [2.75, 3.05) is 12.9 Å². The minimum atomic E-state index is 0.504. The molecule has 5 heteroatoms. The molecule has 0 fully saturated rings. The van der Waals surface area contributed by atoms with Crippen molar-refractivity contribution >= 4 is 34.6 Å². The van der Waals surface area contributed by atoms with Crippen LogP contribution in [0, 0.1) is 0 Å². The third kappa shape index (κ3) is 5.15. The number of hydrogen-bond acceptors (Lipinski definition) is 2. The Balaban J connectivity index is 2.76. The highest BCUT2D eigenvalue weighted by Crippen LogP contribution is 2.06. The number of benzene rings is 1. The van der Waals surface area contributed by atoms with Crippen molar-refractivity contribution in [1.82, 2.24) is 10.7 Å². The zero-order chi connectivity index (χ0) is 12.5. The van der Waals surface area contributed by atoms with Crippen LogP contribution in [-0.4, -0.2) is 23.8 Å². The molecule has 92 valence electrons. The van der Waals surface area contributed by atoms with Gasteiger partial charge in [0.2, 0.25) is 0 Å². The Morgan fingerprint density at radius 1 is 1.35 bits per heavy atom. The Kier molecular flexibility index (Phi) is 6.58. The van der Waals surface area contributed by atoms with Crippen LogP contribution in [0.1, 0.15) is 18.4 Å². The first-order chi connectivity index (χ1) is 8.27. The van der Waals surface area contributed by atoms with Crippen molar-refractivity contribution in [2.45, 2.75) is 12.8 Å². The highest BCUT2D eigenvalue weighted by Gasteiger charge is 2.03. The van der Waals surface area contributed by atoms with Crippen molar-refractivity contribution in [1.29, 1.82) is 0 Å². The summed E-state index contributed by atoms with van der Waals surface area (Å²) >= 11 is 10.7. The molecule has 0 aromatic heterocycles. The molecule has 0 amide bonds. The lowest BCUT2D eigenvalue weighted by Crippen LogP contribution is -2.29. The van der Waals surface area contributed by atoms with Crippen molar-refractivity contribution in [3.05, 3.63) is 35.9 Å². The number of hydrogen-bond donors (Lipinski definition) is 2. The molecule has 2 N–H and O–H groups in total. The lowest BCUT2D eigenvalue weighted by Gasteiger charge is -2.07. The van der Waals surface area contributed by atoms with E-state index in [2.05, 4.69) is 15.8 Å². The maximum atomic E-state index is 5.71. The van der Waals surface area contributed by atoms with Crippen LogP contribution in [0.15, 0.2) is 35.4 Å². The van der Waals surface area contributed by atoms with Gasteiger partial charge in [0.25, 0.3) is 0 Å². The molecule has 0 heterocycles. The van der Waals surface area contributed by atoms with Gasteiger partial charge in [-0.1, -0.05) is 30.3 Å². The molecule has 0 bridgehead atoms. The van der Waals surface area contributed by atoms with E-state index in [-0.39, 0.29) is 0 Å². The van der Waals surface area contributed by atoms with Gasteiger partial charge in [-0.3, -0.25) is 5.43 Å². The highest BCUT2D eigenvalue weighted by molar-refractivity contribution is 7.80. The van der Waals surface area contributed by atoms with Gasteiger partial charge in [0.05, 0.1) is 5.71 Å². The second kappa shape index (κ2) is 8.03. The summed E-state index contributed by atoms with van der Waals surface area (Å²) in [6.07, 6.45) is 1.72. The van der Waals surface area contributed by atoms with Crippen LogP contribution in [0.2, 0.25) is 0 Å². The molecule has 1 aromatic rings. The van der Waals surface area contributed by atoms with Crippen LogP contribution >= 0.6 is 23.8 Å². The topological polar surface area (TPSA) is 36.4 Å². The minimum absolute atomic E-state index is 0.504. The quantitative estimate of drug-likeness (QED) is 0.373. The van der Waals surface area contributed by atoms with E-state index in [0.29, 0.717) is 11.0 Å². The zero-order valence-corrected chi connectivity index (χ0v) is 11.3. The molecule has 0 spiro atoms. The van der Waals surface area contributed by atoms with E-state index in [1.807, 2.05) is 30.3 Å². The Labute approximate surface area is 112 Å².